The molecular weight excluding hydrogens is 220 g/mol. The minimum atomic E-state index is -0.959. The molecule has 0 radical (unpaired) electrons. The first kappa shape index (κ1) is 11.6. The van der Waals surface area contributed by atoms with Crippen LogP contribution in [0.5, 0.6) is 0 Å². The summed E-state index contributed by atoms with van der Waals surface area (Å²) in [7, 11) is 2.95. The second-order valence-corrected chi connectivity index (χ2v) is 4.15. The molecular formula is C12H14N2O3. The van der Waals surface area contributed by atoms with E-state index in [4.69, 9.17) is 0 Å². The molecule has 0 spiro atoms. The van der Waals surface area contributed by atoms with Gasteiger partial charge in [-0.15, -0.1) is 0 Å². The van der Waals surface area contributed by atoms with Crippen LogP contribution in [0.2, 0.25) is 0 Å². The number of hydrogen-bond donors (Lipinski definition) is 0. The van der Waals surface area contributed by atoms with Crippen molar-refractivity contribution in [2.45, 2.75) is 12.8 Å². The third-order valence-electron chi connectivity index (χ3n) is 3.07. The number of amides is 1. The van der Waals surface area contributed by atoms with Crippen molar-refractivity contribution >= 4 is 17.6 Å². The Hall–Kier alpha value is -1.91. The van der Waals surface area contributed by atoms with Crippen molar-refractivity contribution in [3.05, 3.63) is 24.5 Å². The van der Waals surface area contributed by atoms with E-state index in [0.717, 1.165) is 0 Å². The molecule has 90 valence electrons. The van der Waals surface area contributed by atoms with Gasteiger partial charge >= 0.3 is 5.97 Å². The summed E-state index contributed by atoms with van der Waals surface area (Å²) >= 11 is 0. The number of anilines is 1. The van der Waals surface area contributed by atoms with Gasteiger partial charge in [-0.3, -0.25) is 14.6 Å². The Morgan fingerprint density at radius 2 is 2.18 bits per heavy atom. The van der Waals surface area contributed by atoms with E-state index in [1.807, 2.05) is 0 Å². The van der Waals surface area contributed by atoms with E-state index in [1.165, 1.54) is 12.0 Å². The fourth-order valence-electron chi connectivity index (χ4n) is 1.82. The molecule has 0 atom stereocenters. The maximum absolute atomic E-state index is 12.2. The van der Waals surface area contributed by atoms with Crippen LogP contribution in [-0.4, -0.2) is 31.0 Å². The lowest BCUT2D eigenvalue weighted by Crippen LogP contribution is -2.39. The van der Waals surface area contributed by atoms with E-state index in [1.54, 1.807) is 31.6 Å². The van der Waals surface area contributed by atoms with Gasteiger partial charge in [0.2, 0.25) is 5.91 Å². The van der Waals surface area contributed by atoms with Crippen LogP contribution in [0.3, 0.4) is 0 Å². The van der Waals surface area contributed by atoms with Crippen LogP contribution in [0.25, 0.3) is 0 Å². The van der Waals surface area contributed by atoms with Crippen molar-refractivity contribution in [1.82, 2.24) is 4.98 Å². The molecule has 1 aliphatic carbocycles. The van der Waals surface area contributed by atoms with Crippen LogP contribution in [-0.2, 0) is 14.3 Å². The molecule has 1 amide bonds. The Bertz CT molecular complexity index is 440. The van der Waals surface area contributed by atoms with Crippen LogP contribution in [0.15, 0.2) is 24.5 Å². The summed E-state index contributed by atoms with van der Waals surface area (Å²) in [6.45, 7) is 0. The molecule has 0 aliphatic heterocycles. The predicted octanol–water partition coefficient (Wildman–Crippen LogP) is 0.998. The highest BCUT2D eigenvalue weighted by atomic mass is 16.5. The van der Waals surface area contributed by atoms with Gasteiger partial charge < -0.3 is 9.64 Å². The smallest absolute Gasteiger partial charge is 0.321 e. The summed E-state index contributed by atoms with van der Waals surface area (Å²) in [5, 5.41) is 0. The number of carbonyl (C=O) groups excluding carboxylic acids is 2. The summed E-state index contributed by atoms with van der Waals surface area (Å²) in [4.78, 5) is 29.2. The van der Waals surface area contributed by atoms with Gasteiger partial charge in [-0.2, -0.15) is 0 Å². The van der Waals surface area contributed by atoms with Crippen LogP contribution in [0.4, 0.5) is 5.69 Å². The highest BCUT2D eigenvalue weighted by Crippen LogP contribution is 2.48. The number of aromatic nitrogens is 1. The van der Waals surface area contributed by atoms with E-state index >= 15 is 0 Å². The number of ether oxygens (including phenoxy) is 1. The minimum Gasteiger partial charge on any atom is -0.468 e. The molecule has 0 aromatic carbocycles. The fourth-order valence-corrected chi connectivity index (χ4v) is 1.82. The molecule has 1 aromatic rings. The number of hydrogen-bond acceptors (Lipinski definition) is 4. The number of nitrogens with zero attached hydrogens (tertiary/aromatic N) is 2. The molecule has 1 aliphatic rings. The Morgan fingerprint density at radius 3 is 2.65 bits per heavy atom. The molecule has 0 unspecified atom stereocenters. The zero-order chi connectivity index (χ0) is 12.5. The molecule has 2 rings (SSSR count). The lowest BCUT2D eigenvalue weighted by Gasteiger charge is -2.21. The molecule has 0 saturated heterocycles. The van der Waals surface area contributed by atoms with Crippen molar-refractivity contribution < 1.29 is 14.3 Å². The zero-order valence-electron chi connectivity index (χ0n) is 9.84. The number of carbonyl (C=O) groups is 2. The van der Waals surface area contributed by atoms with Gasteiger partial charge in [-0.05, 0) is 25.0 Å². The van der Waals surface area contributed by atoms with Crippen molar-refractivity contribution in [2.24, 2.45) is 5.41 Å². The van der Waals surface area contributed by atoms with Gasteiger partial charge in [0.25, 0.3) is 0 Å². The van der Waals surface area contributed by atoms with Crippen molar-refractivity contribution in [3.8, 4) is 0 Å². The quantitative estimate of drug-likeness (QED) is 0.578. The largest absolute Gasteiger partial charge is 0.468 e. The summed E-state index contributed by atoms with van der Waals surface area (Å²) < 4.78 is 4.68. The van der Waals surface area contributed by atoms with Gasteiger partial charge in [0.1, 0.15) is 5.41 Å². The van der Waals surface area contributed by atoms with E-state index in [-0.39, 0.29) is 5.91 Å². The number of esters is 1. The number of methoxy groups -OCH3 is 1. The van der Waals surface area contributed by atoms with Gasteiger partial charge in [-0.1, -0.05) is 0 Å². The monoisotopic (exact) mass is 234 g/mol. The highest BCUT2D eigenvalue weighted by Gasteiger charge is 2.59. The fraction of sp³-hybridized carbons (Fsp3) is 0.417. The molecule has 0 N–H and O–H groups in total. The first-order valence-electron chi connectivity index (χ1n) is 5.38. The molecule has 0 bridgehead atoms. The summed E-state index contributed by atoms with van der Waals surface area (Å²) in [5.41, 5.74) is -0.285. The average Bonchev–Trinajstić information content (AvgIpc) is 3.18. The zero-order valence-corrected chi connectivity index (χ0v) is 9.84. The molecule has 1 saturated carbocycles. The topological polar surface area (TPSA) is 59.5 Å². The van der Waals surface area contributed by atoms with Gasteiger partial charge in [0.05, 0.1) is 19.0 Å². The van der Waals surface area contributed by atoms with Crippen LogP contribution >= 0.6 is 0 Å². The summed E-state index contributed by atoms with van der Waals surface area (Å²) in [6.07, 6.45) is 4.34. The van der Waals surface area contributed by atoms with Crippen molar-refractivity contribution in [2.75, 3.05) is 19.1 Å². The normalized spacial score (nSPS) is 16.1. The summed E-state index contributed by atoms with van der Waals surface area (Å²) in [5.74, 6) is -0.671. The molecule has 5 nitrogen and oxygen atoms in total. The van der Waals surface area contributed by atoms with Crippen LogP contribution in [0, 0.1) is 5.41 Å². The third kappa shape index (κ3) is 1.88. The van der Waals surface area contributed by atoms with E-state index < -0.39 is 11.4 Å². The second kappa shape index (κ2) is 4.16. The Balaban J connectivity index is 2.19. The predicted molar refractivity (Wildman–Crippen MR) is 61.3 cm³/mol. The molecule has 17 heavy (non-hydrogen) atoms. The van der Waals surface area contributed by atoms with E-state index in [9.17, 15) is 9.59 Å². The van der Waals surface area contributed by atoms with Crippen LogP contribution < -0.4 is 4.90 Å². The van der Waals surface area contributed by atoms with Gasteiger partial charge in [0.15, 0.2) is 0 Å². The lowest BCUT2D eigenvalue weighted by molar-refractivity contribution is -0.151. The molecule has 1 aromatic heterocycles. The molecule has 5 heteroatoms. The van der Waals surface area contributed by atoms with Crippen molar-refractivity contribution in [1.29, 1.82) is 0 Å². The first-order valence-corrected chi connectivity index (χ1v) is 5.38. The lowest BCUT2D eigenvalue weighted by atomic mass is 10.1. The van der Waals surface area contributed by atoms with E-state index in [0.29, 0.717) is 18.5 Å². The van der Waals surface area contributed by atoms with E-state index in [2.05, 4.69) is 9.72 Å². The Labute approximate surface area is 99.4 Å². The van der Waals surface area contributed by atoms with Crippen molar-refractivity contribution in [3.63, 3.8) is 0 Å². The Kier molecular flexibility index (Phi) is 2.83. The van der Waals surface area contributed by atoms with Crippen LogP contribution in [0.1, 0.15) is 12.8 Å². The summed E-state index contributed by atoms with van der Waals surface area (Å²) in [6, 6.07) is 3.52. The standard InChI is InChI=1S/C12H14N2O3/c1-14(9-4-3-7-13-8-9)10(15)12(5-6-12)11(16)17-2/h3-4,7-8H,5-6H2,1-2H3. The Morgan fingerprint density at radius 1 is 1.47 bits per heavy atom. The minimum absolute atomic E-state index is 0.225. The first-order chi connectivity index (χ1) is 8.12. The third-order valence-corrected chi connectivity index (χ3v) is 3.07. The maximum Gasteiger partial charge on any atom is 0.321 e. The maximum atomic E-state index is 12.2. The van der Waals surface area contributed by atoms with Gasteiger partial charge in [-0.25, -0.2) is 0 Å². The average molecular weight is 234 g/mol. The number of rotatable bonds is 3. The second-order valence-electron chi connectivity index (χ2n) is 4.15. The SMILES string of the molecule is COC(=O)C1(C(=O)N(C)c2cccnc2)CC1. The highest BCUT2D eigenvalue weighted by molar-refractivity contribution is 6.12. The van der Waals surface area contributed by atoms with Gasteiger partial charge in [0, 0.05) is 13.2 Å². The molecule has 1 fully saturated rings. The number of pyridine rings is 1. The molecule has 1 heterocycles.